The zero-order valence-electron chi connectivity index (χ0n) is 21.5. The van der Waals surface area contributed by atoms with E-state index in [1.807, 2.05) is 23.1 Å². The highest BCUT2D eigenvalue weighted by Gasteiger charge is 2.31. The Morgan fingerprint density at radius 2 is 1.76 bits per heavy atom. The van der Waals surface area contributed by atoms with E-state index in [0.717, 1.165) is 61.8 Å². The Hall–Kier alpha value is -3.59. The summed E-state index contributed by atoms with van der Waals surface area (Å²) in [4.78, 5) is 20.8. The predicted octanol–water partition coefficient (Wildman–Crippen LogP) is 5.67. The number of ether oxygens (including phenoxy) is 1. The average molecular weight is 527 g/mol. The topological polar surface area (TPSA) is 71.7 Å². The Morgan fingerprint density at radius 3 is 2.45 bits per heavy atom. The van der Waals surface area contributed by atoms with Crippen molar-refractivity contribution in [2.24, 2.45) is 0 Å². The summed E-state index contributed by atoms with van der Waals surface area (Å²) < 4.78 is 44.1. The van der Waals surface area contributed by atoms with Gasteiger partial charge in [-0.15, -0.1) is 0 Å². The normalized spacial score (nSPS) is 14.5. The maximum Gasteiger partial charge on any atom is 0.416 e. The molecule has 2 heterocycles. The third kappa shape index (κ3) is 6.83. The summed E-state index contributed by atoms with van der Waals surface area (Å²) in [6.45, 7) is 6.06. The van der Waals surface area contributed by atoms with Crippen LogP contribution in [0.15, 0.2) is 60.8 Å². The maximum atomic E-state index is 13.0. The molecule has 2 aromatic carbocycles. The second-order valence-electron chi connectivity index (χ2n) is 9.35. The molecule has 3 aromatic rings. The number of nitrogens with two attached hydrogens (primary N) is 1. The van der Waals surface area contributed by atoms with E-state index in [1.165, 1.54) is 12.1 Å². The van der Waals surface area contributed by atoms with Crippen molar-refractivity contribution >= 4 is 17.3 Å². The molecule has 38 heavy (non-hydrogen) atoms. The van der Waals surface area contributed by atoms with E-state index in [4.69, 9.17) is 10.5 Å². The second kappa shape index (κ2) is 12.3. The fourth-order valence-corrected chi connectivity index (χ4v) is 4.70. The molecule has 0 aliphatic carbocycles. The van der Waals surface area contributed by atoms with Crippen molar-refractivity contribution in [1.29, 1.82) is 0 Å². The molecule has 1 saturated heterocycles. The lowest BCUT2D eigenvalue weighted by atomic mass is 10.0. The van der Waals surface area contributed by atoms with Gasteiger partial charge >= 0.3 is 12.1 Å². The van der Waals surface area contributed by atoms with E-state index < -0.39 is 11.7 Å². The van der Waals surface area contributed by atoms with Crippen LogP contribution in [0.4, 0.5) is 24.5 Å². The average Bonchev–Trinajstić information content (AvgIpc) is 2.92. The number of piperazine rings is 1. The molecule has 9 heteroatoms. The maximum absolute atomic E-state index is 13.0. The molecule has 4 rings (SSSR count). The third-order valence-electron chi connectivity index (χ3n) is 6.83. The van der Waals surface area contributed by atoms with Gasteiger partial charge in [0.2, 0.25) is 0 Å². The van der Waals surface area contributed by atoms with Crippen molar-refractivity contribution in [3.05, 3.63) is 77.6 Å². The first-order valence-electron chi connectivity index (χ1n) is 12.9. The number of alkyl halides is 3. The zero-order valence-corrected chi connectivity index (χ0v) is 21.5. The minimum Gasteiger partial charge on any atom is -0.462 e. The van der Waals surface area contributed by atoms with Gasteiger partial charge in [-0.1, -0.05) is 18.2 Å². The van der Waals surface area contributed by atoms with E-state index in [9.17, 15) is 18.0 Å². The highest BCUT2D eigenvalue weighted by molar-refractivity contribution is 5.90. The van der Waals surface area contributed by atoms with E-state index in [1.54, 1.807) is 31.3 Å². The van der Waals surface area contributed by atoms with Crippen LogP contribution in [-0.4, -0.2) is 55.2 Å². The van der Waals surface area contributed by atoms with E-state index in [2.05, 4.69) is 9.88 Å². The Kier molecular flexibility index (Phi) is 8.89. The van der Waals surface area contributed by atoms with Gasteiger partial charge in [-0.05, 0) is 74.7 Å². The number of unbranched alkanes of at least 4 members (excludes halogenated alkanes) is 1. The first kappa shape index (κ1) is 27.4. The molecule has 0 spiro atoms. The molecular formula is C29H33F3N4O2. The lowest BCUT2D eigenvalue weighted by molar-refractivity contribution is -0.137. The minimum absolute atomic E-state index is 0.331. The smallest absolute Gasteiger partial charge is 0.416 e. The van der Waals surface area contributed by atoms with Crippen LogP contribution in [0, 0.1) is 0 Å². The lowest BCUT2D eigenvalue weighted by Gasteiger charge is -2.36. The van der Waals surface area contributed by atoms with Gasteiger partial charge in [-0.25, -0.2) is 4.79 Å². The van der Waals surface area contributed by atoms with Gasteiger partial charge in [0.25, 0.3) is 0 Å². The molecule has 202 valence electrons. The fourth-order valence-electron chi connectivity index (χ4n) is 4.70. The lowest BCUT2D eigenvalue weighted by Crippen LogP contribution is -2.46. The summed E-state index contributed by atoms with van der Waals surface area (Å²) in [6, 6.07) is 14.6. The van der Waals surface area contributed by atoms with Crippen molar-refractivity contribution in [3.63, 3.8) is 0 Å². The third-order valence-corrected chi connectivity index (χ3v) is 6.83. The van der Waals surface area contributed by atoms with Crippen LogP contribution in [0.1, 0.15) is 41.4 Å². The van der Waals surface area contributed by atoms with Crippen LogP contribution in [0.3, 0.4) is 0 Å². The standard InChI is InChI=1S/C29H33F3N4O2/c1-2-38-28(37)22-11-9-21(10-12-22)25-13-14-34-26(27(25)33)8-3-4-15-35-16-18-36(19-17-35)24-7-5-6-23(20-24)29(30,31)32/h5-7,9-14,20H,2-4,8,15-19,33H2,1H3. The van der Waals surface area contributed by atoms with Gasteiger partial charge in [0.1, 0.15) is 0 Å². The van der Waals surface area contributed by atoms with Gasteiger partial charge < -0.3 is 15.4 Å². The van der Waals surface area contributed by atoms with Crippen LogP contribution in [0.5, 0.6) is 0 Å². The van der Waals surface area contributed by atoms with Crippen LogP contribution in [0.25, 0.3) is 11.1 Å². The number of nitrogens with zero attached hydrogens (tertiary/aromatic N) is 3. The molecule has 2 N–H and O–H groups in total. The Bertz CT molecular complexity index is 1220. The van der Waals surface area contributed by atoms with Crippen molar-refractivity contribution in [2.45, 2.75) is 32.4 Å². The quantitative estimate of drug-likeness (QED) is 0.286. The molecular weight excluding hydrogens is 493 g/mol. The summed E-state index contributed by atoms with van der Waals surface area (Å²) in [7, 11) is 0. The van der Waals surface area contributed by atoms with E-state index in [-0.39, 0.29) is 5.97 Å². The van der Waals surface area contributed by atoms with E-state index >= 15 is 0 Å². The monoisotopic (exact) mass is 526 g/mol. The number of benzene rings is 2. The highest BCUT2D eigenvalue weighted by Crippen LogP contribution is 2.32. The summed E-state index contributed by atoms with van der Waals surface area (Å²) >= 11 is 0. The number of hydrogen-bond acceptors (Lipinski definition) is 6. The number of halogens is 3. The summed E-state index contributed by atoms with van der Waals surface area (Å²) in [5.74, 6) is -0.348. The van der Waals surface area contributed by atoms with Gasteiger partial charge in [-0.3, -0.25) is 9.88 Å². The number of rotatable bonds is 9. The van der Waals surface area contributed by atoms with Crippen LogP contribution < -0.4 is 10.6 Å². The van der Waals surface area contributed by atoms with Crippen molar-refractivity contribution in [1.82, 2.24) is 9.88 Å². The summed E-state index contributed by atoms with van der Waals surface area (Å²) in [6.07, 6.45) is 0.0852. The fraction of sp³-hybridized carbons (Fsp3) is 0.379. The van der Waals surface area contributed by atoms with Crippen LogP contribution >= 0.6 is 0 Å². The number of esters is 1. The number of carbonyl (C=O) groups excluding carboxylic acids is 1. The number of hydrogen-bond donors (Lipinski definition) is 1. The number of pyridine rings is 1. The molecule has 0 amide bonds. The summed E-state index contributed by atoms with van der Waals surface area (Å²) in [5.41, 5.74) is 10.3. The van der Waals surface area contributed by atoms with Crippen LogP contribution in [0.2, 0.25) is 0 Å². The molecule has 0 unspecified atom stereocenters. The molecule has 0 bridgehead atoms. The first-order chi connectivity index (χ1) is 18.3. The zero-order chi connectivity index (χ0) is 27.1. The number of nitrogen functional groups attached to an aromatic ring is 1. The molecule has 1 aliphatic rings. The predicted molar refractivity (Wildman–Crippen MR) is 143 cm³/mol. The Morgan fingerprint density at radius 1 is 1.03 bits per heavy atom. The number of carbonyl (C=O) groups is 1. The SMILES string of the molecule is CCOC(=O)c1ccc(-c2ccnc(CCCCN3CCN(c4cccc(C(F)(F)F)c4)CC3)c2N)cc1. The molecule has 0 atom stereocenters. The Balaban J connectivity index is 1.25. The van der Waals surface area contributed by atoms with Crippen molar-refractivity contribution in [3.8, 4) is 11.1 Å². The molecule has 6 nitrogen and oxygen atoms in total. The molecule has 1 aromatic heterocycles. The Labute approximate surface area is 221 Å². The largest absolute Gasteiger partial charge is 0.462 e. The molecule has 1 fully saturated rings. The van der Waals surface area contributed by atoms with Gasteiger partial charge in [0.05, 0.1) is 29.1 Å². The van der Waals surface area contributed by atoms with Crippen molar-refractivity contribution < 1.29 is 22.7 Å². The highest BCUT2D eigenvalue weighted by atomic mass is 19.4. The molecule has 0 saturated carbocycles. The van der Waals surface area contributed by atoms with Gasteiger partial charge in [0.15, 0.2) is 0 Å². The van der Waals surface area contributed by atoms with Gasteiger partial charge in [0, 0.05) is 43.6 Å². The first-order valence-corrected chi connectivity index (χ1v) is 12.9. The second-order valence-corrected chi connectivity index (χ2v) is 9.35. The van der Waals surface area contributed by atoms with E-state index in [0.29, 0.717) is 36.6 Å². The minimum atomic E-state index is -4.33. The van der Waals surface area contributed by atoms with Crippen LogP contribution in [-0.2, 0) is 17.3 Å². The number of aromatic nitrogens is 1. The summed E-state index contributed by atoms with van der Waals surface area (Å²) in [5, 5.41) is 0. The molecule has 1 aliphatic heterocycles. The number of anilines is 2. The molecule has 0 radical (unpaired) electrons. The number of aryl methyl sites for hydroxylation is 1. The van der Waals surface area contributed by atoms with Crippen molar-refractivity contribution in [2.75, 3.05) is 50.0 Å². The van der Waals surface area contributed by atoms with Gasteiger partial charge in [-0.2, -0.15) is 13.2 Å².